The van der Waals surface area contributed by atoms with Gasteiger partial charge in [0.25, 0.3) is 0 Å². The fourth-order valence-corrected chi connectivity index (χ4v) is 5.20. The van der Waals surface area contributed by atoms with Gasteiger partial charge in [-0.2, -0.15) is 0 Å². The number of amides is 3. The van der Waals surface area contributed by atoms with Crippen LogP contribution in [0.15, 0.2) is 84.9 Å². The molecule has 0 aromatic heterocycles. The quantitative estimate of drug-likeness (QED) is 0.167. The summed E-state index contributed by atoms with van der Waals surface area (Å²) in [4.78, 5) is 53.8. The van der Waals surface area contributed by atoms with Gasteiger partial charge < -0.3 is 37.2 Å². The highest BCUT2D eigenvalue weighted by molar-refractivity contribution is 8.93. The van der Waals surface area contributed by atoms with E-state index in [2.05, 4.69) is 10.6 Å². The molecular weight excluding hydrogens is 630 g/mol. The van der Waals surface area contributed by atoms with Gasteiger partial charge in [-0.05, 0) is 41.7 Å². The van der Waals surface area contributed by atoms with Crippen LogP contribution in [0.5, 0.6) is 5.75 Å². The minimum atomic E-state index is -1.22. The highest BCUT2D eigenvalue weighted by atomic mass is 79.9. The second kappa shape index (κ2) is 16.0. The zero-order valence-corrected chi connectivity index (χ0v) is 25.8. The summed E-state index contributed by atoms with van der Waals surface area (Å²) in [6.07, 6.45) is 0.529. The van der Waals surface area contributed by atoms with Gasteiger partial charge in [0.15, 0.2) is 0 Å². The largest absolute Gasteiger partial charge is 0.508 e. The van der Waals surface area contributed by atoms with Crippen LogP contribution in [0.4, 0.5) is 0 Å². The summed E-state index contributed by atoms with van der Waals surface area (Å²) in [5.41, 5.74) is 14.6. The lowest BCUT2D eigenvalue weighted by molar-refractivity contribution is -0.143. The number of likely N-dealkylation sites (tertiary alicyclic amines) is 1. The predicted molar refractivity (Wildman–Crippen MR) is 170 cm³/mol. The van der Waals surface area contributed by atoms with Gasteiger partial charge in [0, 0.05) is 25.4 Å². The number of aromatic hydroxyl groups is 1. The summed E-state index contributed by atoms with van der Waals surface area (Å²) in [5.74, 6) is -2.81. The number of carboxylic acids is 1. The topological polar surface area (TPSA) is 188 Å². The van der Waals surface area contributed by atoms with E-state index >= 15 is 0 Å². The fraction of sp³-hybridized carbons (Fsp3) is 0.312. The molecule has 3 amide bonds. The Kier molecular flexibility index (Phi) is 12.4. The van der Waals surface area contributed by atoms with Crippen molar-refractivity contribution in [2.45, 2.75) is 55.9 Å². The summed E-state index contributed by atoms with van der Waals surface area (Å²) in [6, 6.07) is 19.5. The molecular formula is C32H38BrN5O6. The Morgan fingerprint density at radius 3 is 1.86 bits per heavy atom. The van der Waals surface area contributed by atoms with Gasteiger partial charge in [0.05, 0.1) is 6.04 Å². The Morgan fingerprint density at radius 1 is 0.795 bits per heavy atom. The van der Waals surface area contributed by atoms with Crippen molar-refractivity contribution in [2.75, 3.05) is 6.54 Å². The maximum Gasteiger partial charge on any atom is 0.326 e. The zero-order chi connectivity index (χ0) is 30.9. The lowest BCUT2D eigenvalue weighted by Crippen LogP contribution is -2.57. The number of nitrogens with one attached hydrogen (secondary N) is 2. The van der Waals surface area contributed by atoms with Gasteiger partial charge in [-0.1, -0.05) is 72.8 Å². The van der Waals surface area contributed by atoms with Crippen molar-refractivity contribution in [3.8, 4) is 5.75 Å². The molecule has 5 atom stereocenters. The van der Waals surface area contributed by atoms with Crippen molar-refractivity contribution in [1.82, 2.24) is 15.5 Å². The van der Waals surface area contributed by atoms with Gasteiger partial charge in [-0.25, -0.2) is 4.79 Å². The molecule has 1 saturated heterocycles. The molecule has 0 bridgehead atoms. The Morgan fingerprint density at radius 2 is 1.32 bits per heavy atom. The van der Waals surface area contributed by atoms with Crippen molar-refractivity contribution < 1.29 is 29.4 Å². The molecule has 1 aliphatic heterocycles. The summed E-state index contributed by atoms with van der Waals surface area (Å²) < 4.78 is 0. The Labute approximate surface area is 266 Å². The average Bonchev–Trinajstić information content (AvgIpc) is 3.39. The number of benzene rings is 3. The molecule has 1 aliphatic rings. The molecule has 0 spiro atoms. The number of carboxylic acid groups (broad SMARTS) is 1. The molecule has 12 heteroatoms. The van der Waals surface area contributed by atoms with Crippen molar-refractivity contribution >= 4 is 40.7 Å². The monoisotopic (exact) mass is 667 g/mol. The number of phenolic OH excluding ortho intramolecular Hbond substituents is 1. The maximum atomic E-state index is 13.6. The summed E-state index contributed by atoms with van der Waals surface area (Å²) >= 11 is 0. The first kappa shape index (κ1) is 34.2. The van der Waals surface area contributed by atoms with Crippen molar-refractivity contribution in [3.05, 3.63) is 102 Å². The molecule has 44 heavy (non-hydrogen) atoms. The molecule has 234 valence electrons. The maximum absolute atomic E-state index is 13.6. The number of rotatable bonds is 12. The molecule has 0 aliphatic carbocycles. The van der Waals surface area contributed by atoms with E-state index in [9.17, 15) is 29.4 Å². The van der Waals surface area contributed by atoms with Crippen LogP contribution in [0, 0.1) is 0 Å². The minimum Gasteiger partial charge on any atom is -0.508 e. The van der Waals surface area contributed by atoms with E-state index in [-0.39, 0.29) is 55.0 Å². The standard InChI is InChI=1S/C32H37N5O6.BrH/c33-23-18-28(37(19-23)31(41)25(34)15-22-11-13-24(38)14-12-22)30(40)35-26(16-20-7-3-1-4-8-20)29(39)36-27(32(42)43)17-21-9-5-2-6-10-21;/h1-14,23,25-28,38H,15-19,33-34H2,(H,35,40)(H,36,39)(H,42,43);1H/t23-,25-,26+,27-,28-;/m0./s1. The SMILES string of the molecule is Br.N[C@H]1C[C@@H](C(=O)N[C@H](Cc2ccccc2)C(=O)N[C@@H](Cc2ccccc2)C(=O)O)N(C(=O)[C@@H](N)Cc2ccc(O)cc2)C1. The third-order valence-electron chi connectivity index (χ3n) is 7.44. The van der Waals surface area contributed by atoms with Crippen LogP contribution in [-0.4, -0.2) is 75.6 Å². The Bertz CT molecular complexity index is 1410. The number of nitrogens with two attached hydrogens (primary N) is 2. The second-order valence-corrected chi connectivity index (χ2v) is 10.8. The molecule has 0 radical (unpaired) electrons. The van der Waals surface area contributed by atoms with Gasteiger partial charge in [0.2, 0.25) is 17.7 Å². The summed E-state index contributed by atoms with van der Waals surface area (Å²) in [5, 5.41) is 24.7. The number of aliphatic carboxylic acids is 1. The van der Waals surface area contributed by atoms with E-state index in [1.54, 1.807) is 60.7 Å². The van der Waals surface area contributed by atoms with Crippen LogP contribution in [0.3, 0.4) is 0 Å². The van der Waals surface area contributed by atoms with Crippen LogP contribution >= 0.6 is 17.0 Å². The average molecular weight is 669 g/mol. The smallest absolute Gasteiger partial charge is 0.326 e. The molecule has 0 unspecified atom stereocenters. The highest BCUT2D eigenvalue weighted by Crippen LogP contribution is 2.20. The molecule has 3 aromatic rings. The number of nitrogens with zero attached hydrogens (tertiary/aromatic N) is 1. The highest BCUT2D eigenvalue weighted by Gasteiger charge is 2.41. The molecule has 11 nitrogen and oxygen atoms in total. The summed E-state index contributed by atoms with van der Waals surface area (Å²) in [6.45, 7) is 0.119. The number of carbonyl (C=O) groups excluding carboxylic acids is 3. The van der Waals surface area contributed by atoms with Crippen LogP contribution in [0.1, 0.15) is 23.1 Å². The number of hydrogen-bond acceptors (Lipinski definition) is 7. The van der Waals surface area contributed by atoms with Gasteiger partial charge in [-0.3, -0.25) is 14.4 Å². The van der Waals surface area contributed by atoms with E-state index in [1.807, 2.05) is 12.1 Å². The first-order valence-electron chi connectivity index (χ1n) is 14.1. The van der Waals surface area contributed by atoms with Gasteiger partial charge >= 0.3 is 5.97 Å². The lowest BCUT2D eigenvalue weighted by Gasteiger charge is -2.28. The number of halogens is 1. The third-order valence-corrected chi connectivity index (χ3v) is 7.44. The van der Waals surface area contributed by atoms with E-state index in [0.717, 1.165) is 16.7 Å². The number of carbonyl (C=O) groups is 4. The molecule has 4 rings (SSSR count). The minimum absolute atomic E-state index is 0. The zero-order valence-electron chi connectivity index (χ0n) is 24.0. The van der Waals surface area contributed by atoms with Crippen LogP contribution in [-0.2, 0) is 38.4 Å². The van der Waals surface area contributed by atoms with Crippen LogP contribution in [0.2, 0.25) is 0 Å². The Balaban J connectivity index is 0.00000529. The summed E-state index contributed by atoms with van der Waals surface area (Å²) in [7, 11) is 0. The van der Waals surface area contributed by atoms with Crippen molar-refractivity contribution in [3.63, 3.8) is 0 Å². The predicted octanol–water partition coefficient (Wildman–Crippen LogP) is 1.31. The third kappa shape index (κ3) is 9.37. The van der Waals surface area contributed by atoms with Gasteiger partial charge in [0.1, 0.15) is 23.9 Å². The normalized spacial score (nSPS) is 17.9. The van der Waals surface area contributed by atoms with Gasteiger partial charge in [-0.15, -0.1) is 17.0 Å². The fourth-order valence-electron chi connectivity index (χ4n) is 5.20. The number of phenols is 1. The van der Waals surface area contributed by atoms with E-state index in [0.29, 0.717) is 0 Å². The second-order valence-electron chi connectivity index (χ2n) is 10.8. The lowest BCUT2D eigenvalue weighted by atomic mass is 10.0. The van der Waals surface area contributed by atoms with Crippen LogP contribution in [0.25, 0.3) is 0 Å². The molecule has 0 saturated carbocycles. The van der Waals surface area contributed by atoms with Crippen molar-refractivity contribution in [1.29, 1.82) is 0 Å². The molecule has 8 N–H and O–H groups in total. The first-order chi connectivity index (χ1) is 20.6. The van der Waals surface area contributed by atoms with E-state index in [4.69, 9.17) is 11.5 Å². The van der Waals surface area contributed by atoms with Crippen LogP contribution < -0.4 is 22.1 Å². The molecule has 3 aromatic carbocycles. The Hall–Kier alpha value is -4.26. The number of hydrogen-bond donors (Lipinski definition) is 6. The van der Waals surface area contributed by atoms with Crippen molar-refractivity contribution in [2.24, 2.45) is 11.5 Å². The van der Waals surface area contributed by atoms with E-state index in [1.165, 1.54) is 17.0 Å². The molecule has 1 fully saturated rings. The molecule has 1 heterocycles. The van der Waals surface area contributed by atoms with E-state index < -0.39 is 53.9 Å². The first-order valence-corrected chi connectivity index (χ1v) is 14.1.